The van der Waals surface area contributed by atoms with Crippen molar-refractivity contribution < 1.29 is 14.4 Å². The van der Waals surface area contributed by atoms with Crippen molar-refractivity contribution in [2.45, 2.75) is 32.4 Å². The standard InChI is InChI=1S/C29H35N13O3/c1-16-5-10-21(22(12-16)24(30)40-41-33)28(45)34-11-3-4-18(15-43)37-27(44)17-6-8-20(9-7-17)42(2)14-19-13-35-26-23(36-19)25(31)38-29(32)39-26/h5-10,12-13,15,18,41H,3-4,11,14,33H2,1-2H3,(H2,30,40)(H,34,45)(H,37,44)(H4,31,32,35,38,39). The van der Waals surface area contributed by atoms with E-state index in [1.807, 2.05) is 18.9 Å². The second-order valence-electron chi connectivity index (χ2n) is 10.2. The number of amidine groups is 1. The number of nitrogens with zero attached hydrogens (tertiary/aromatic N) is 6. The van der Waals surface area contributed by atoms with Gasteiger partial charge in [0.1, 0.15) is 6.29 Å². The van der Waals surface area contributed by atoms with Gasteiger partial charge in [0, 0.05) is 30.4 Å². The molecule has 0 spiro atoms. The lowest BCUT2D eigenvalue weighted by Crippen LogP contribution is -2.37. The molecule has 2 heterocycles. The number of aromatic nitrogens is 4. The molecule has 2 aromatic heterocycles. The average Bonchev–Trinajstić information content (AvgIpc) is 3.02. The Kier molecular flexibility index (Phi) is 10.3. The zero-order chi connectivity index (χ0) is 32.5. The van der Waals surface area contributed by atoms with Crippen molar-refractivity contribution in [2.24, 2.45) is 16.7 Å². The maximum absolute atomic E-state index is 12.8. The van der Waals surface area contributed by atoms with E-state index in [2.05, 4.69) is 41.2 Å². The molecule has 234 valence electrons. The van der Waals surface area contributed by atoms with Gasteiger partial charge in [-0.3, -0.25) is 9.59 Å². The van der Waals surface area contributed by atoms with Crippen LogP contribution in [-0.4, -0.2) is 63.5 Å². The number of hydrogen-bond acceptors (Lipinski definition) is 13. The first kappa shape index (κ1) is 32.0. The normalized spacial score (nSPS) is 11.9. The average molecular weight is 614 g/mol. The van der Waals surface area contributed by atoms with Crippen molar-refractivity contribution in [3.05, 3.63) is 76.6 Å². The summed E-state index contributed by atoms with van der Waals surface area (Å²) < 4.78 is 0. The molecule has 0 bridgehead atoms. The molecule has 0 fully saturated rings. The van der Waals surface area contributed by atoms with E-state index >= 15 is 0 Å². The number of aldehydes is 1. The van der Waals surface area contributed by atoms with Crippen LogP contribution in [0, 0.1) is 6.92 Å². The van der Waals surface area contributed by atoms with Crippen LogP contribution in [-0.2, 0) is 11.3 Å². The van der Waals surface area contributed by atoms with Gasteiger partial charge in [0.25, 0.3) is 11.8 Å². The van der Waals surface area contributed by atoms with E-state index in [4.69, 9.17) is 23.0 Å². The van der Waals surface area contributed by atoms with Gasteiger partial charge >= 0.3 is 0 Å². The number of hydrogen-bond donors (Lipinski definition) is 7. The summed E-state index contributed by atoms with van der Waals surface area (Å²) >= 11 is 0. The van der Waals surface area contributed by atoms with Crippen LogP contribution < -0.4 is 44.1 Å². The monoisotopic (exact) mass is 613 g/mol. The predicted octanol–water partition coefficient (Wildman–Crippen LogP) is 0.120. The summed E-state index contributed by atoms with van der Waals surface area (Å²) in [5.74, 6) is 4.71. The molecule has 4 rings (SSSR count). The highest BCUT2D eigenvalue weighted by Gasteiger charge is 2.17. The third-order valence-corrected chi connectivity index (χ3v) is 6.81. The number of hydrazine groups is 1. The molecule has 0 aliphatic rings. The molecule has 1 atom stereocenters. The second kappa shape index (κ2) is 14.5. The minimum absolute atomic E-state index is 0.0267. The molecule has 16 heteroatoms. The van der Waals surface area contributed by atoms with Crippen molar-refractivity contribution in [3.63, 3.8) is 0 Å². The van der Waals surface area contributed by atoms with Crippen molar-refractivity contribution in [1.82, 2.24) is 36.1 Å². The Balaban J connectivity index is 1.28. The van der Waals surface area contributed by atoms with Crippen LogP contribution in [0.2, 0.25) is 0 Å². The van der Waals surface area contributed by atoms with Gasteiger partial charge in [0.15, 0.2) is 22.8 Å². The molecule has 2 amide bonds. The number of aryl methyl sites for hydroxylation is 1. The Bertz CT molecular complexity index is 1730. The van der Waals surface area contributed by atoms with Crippen molar-refractivity contribution in [2.75, 3.05) is 30.0 Å². The molecule has 1 unspecified atom stereocenters. The number of nitrogens with two attached hydrogens (primary N) is 4. The van der Waals surface area contributed by atoms with E-state index in [1.165, 1.54) is 0 Å². The molecule has 0 radical (unpaired) electrons. The predicted molar refractivity (Wildman–Crippen MR) is 171 cm³/mol. The number of nitrogens with one attached hydrogen (secondary N) is 3. The Labute approximate surface area is 258 Å². The summed E-state index contributed by atoms with van der Waals surface area (Å²) in [4.78, 5) is 56.0. The van der Waals surface area contributed by atoms with Crippen molar-refractivity contribution in [3.8, 4) is 0 Å². The zero-order valence-corrected chi connectivity index (χ0v) is 24.8. The highest BCUT2D eigenvalue weighted by molar-refractivity contribution is 6.08. The fourth-order valence-electron chi connectivity index (χ4n) is 4.50. The molecular weight excluding hydrogens is 578 g/mol. The Morgan fingerprint density at radius 3 is 2.51 bits per heavy atom. The first-order valence-corrected chi connectivity index (χ1v) is 13.9. The first-order chi connectivity index (χ1) is 21.6. The summed E-state index contributed by atoms with van der Waals surface area (Å²) in [6.45, 7) is 2.54. The van der Waals surface area contributed by atoms with E-state index in [1.54, 1.807) is 48.7 Å². The van der Waals surface area contributed by atoms with E-state index in [0.717, 1.165) is 11.3 Å². The van der Waals surface area contributed by atoms with Crippen molar-refractivity contribution >= 4 is 52.6 Å². The number of rotatable bonds is 13. The number of amides is 2. The van der Waals surface area contributed by atoms with Crippen LogP contribution in [0.1, 0.15) is 50.4 Å². The maximum Gasteiger partial charge on any atom is 0.252 e. The van der Waals surface area contributed by atoms with Crippen LogP contribution in [0.4, 0.5) is 17.5 Å². The van der Waals surface area contributed by atoms with Crippen LogP contribution >= 0.6 is 0 Å². The van der Waals surface area contributed by atoms with Gasteiger partial charge < -0.3 is 37.5 Å². The number of hydrazone groups is 1. The lowest BCUT2D eigenvalue weighted by molar-refractivity contribution is -0.109. The minimum Gasteiger partial charge on any atom is -0.382 e. The molecule has 4 aromatic rings. The molecule has 0 aliphatic heterocycles. The van der Waals surface area contributed by atoms with Gasteiger partial charge in [0.2, 0.25) is 5.95 Å². The van der Waals surface area contributed by atoms with E-state index in [-0.39, 0.29) is 30.1 Å². The Morgan fingerprint density at radius 2 is 1.80 bits per heavy atom. The third kappa shape index (κ3) is 8.14. The number of benzene rings is 2. The lowest BCUT2D eigenvalue weighted by Gasteiger charge is -2.19. The smallest absolute Gasteiger partial charge is 0.252 e. The number of anilines is 3. The van der Waals surface area contributed by atoms with Gasteiger partial charge in [-0.05, 0) is 56.2 Å². The maximum atomic E-state index is 12.8. The molecule has 0 aliphatic carbocycles. The van der Waals surface area contributed by atoms with Crippen LogP contribution in [0.5, 0.6) is 0 Å². The molecule has 2 aromatic carbocycles. The van der Waals surface area contributed by atoms with E-state index in [0.29, 0.717) is 59.2 Å². The number of fused-ring (bicyclic) bond motifs is 1. The van der Waals surface area contributed by atoms with E-state index < -0.39 is 11.9 Å². The number of carbonyl (C=O) groups is 3. The largest absolute Gasteiger partial charge is 0.382 e. The van der Waals surface area contributed by atoms with Crippen LogP contribution in [0.3, 0.4) is 0 Å². The summed E-state index contributed by atoms with van der Waals surface area (Å²) in [6.07, 6.45) is 3.03. The third-order valence-electron chi connectivity index (χ3n) is 6.81. The summed E-state index contributed by atoms with van der Waals surface area (Å²) in [5.41, 5.74) is 23.8. The molecule has 0 saturated carbocycles. The fraction of sp³-hybridized carbons (Fsp3) is 0.241. The van der Waals surface area contributed by atoms with Crippen LogP contribution in [0.25, 0.3) is 11.2 Å². The van der Waals surface area contributed by atoms with Crippen LogP contribution in [0.15, 0.2) is 53.8 Å². The van der Waals surface area contributed by atoms with Gasteiger partial charge in [-0.15, -0.1) is 5.10 Å². The second-order valence-corrected chi connectivity index (χ2v) is 10.2. The quantitative estimate of drug-likeness (QED) is 0.0264. The highest BCUT2D eigenvalue weighted by Crippen LogP contribution is 2.19. The summed E-state index contributed by atoms with van der Waals surface area (Å²) in [5, 5.41) is 9.29. The lowest BCUT2D eigenvalue weighted by atomic mass is 10.0. The van der Waals surface area contributed by atoms with Gasteiger partial charge in [0.05, 0.1) is 30.0 Å². The summed E-state index contributed by atoms with van der Waals surface area (Å²) in [6, 6.07) is 11.3. The van der Waals surface area contributed by atoms with Gasteiger partial charge in [-0.25, -0.2) is 21.3 Å². The molecule has 11 N–H and O–H groups in total. The topological polar surface area (TPSA) is 259 Å². The fourth-order valence-corrected chi connectivity index (χ4v) is 4.50. The number of carbonyl (C=O) groups excluding carboxylic acids is 3. The SMILES string of the molecule is Cc1ccc(C(=O)NCCCC(C=O)NC(=O)c2ccc(N(C)Cc3cnc4nc(N)nc(N)c4n3)cc2)c(/C(N)=N/NN)c1. The molecule has 16 nitrogen and oxygen atoms in total. The Morgan fingerprint density at radius 1 is 1.04 bits per heavy atom. The number of nitrogen functional groups attached to an aromatic ring is 2. The minimum atomic E-state index is -0.733. The molecular formula is C29H35N13O3. The zero-order valence-electron chi connectivity index (χ0n) is 24.8. The Hall–Kier alpha value is -5.90. The highest BCUT2D eigenvalue weighted by atomic mass is 16.2. The summed E-state index contributed by atoms with van der Waals surface area (Å²) in [7, 11) is 1.87. The van der Waals surface area contributed by atoms with E-state index in [9.17, 15) is 14.4 Å². The first-order valence-electron chi connectivity index (χ1n) is 13.9. The van der Waals surface area contributed by atoms with Crippen molar-refractivity contribution in [1.29, 1.82) is 0 Å². The van der Waals surface area contributed by atoms with Gasteiger partial charge in [-0.1, -0.05) is 11.6 Å². The molecule has 0 saturated heterocycles. The van der Waals surface area contributed by atoms with Gasteiger partial charge in [-0.2, -0.15) is 9.97 Å². The molecule has 45 heavy (non-hydrogen) atoms.